The molecule has 0 saturated heterocycles. The number of hydrogen-bond donors (Lipinski definition) is 2. The third-order valence-corrected chi connectivity index (χ3v) is 3.71. The number of non-ortho nitro benzene ring substituents is 1. The Morgan fingerprint density at radius 1 is 1.22 bits per heavy atom. The van der Waals surface area contributed by atoms with Crippen molar-refractivity contribution in [3.05, 3.63) is 69.9 Å². The number of hydrogen-bond acceptors (Lipinski definition) is 5. The lowest BCUT2D eigenvalue weighted by molar-refractivity contribution is -0.383. The number of para-hydroxylation sites is 1. The summed E-state index contributed by atoms with van der Waals surface area (Å²) in [6.07, 6.45) is -0.112. The van der Waals surface area contributed by atoms with Crippen LogP contribution < -0.4 is 5.32 Å². The monoisotopic (exact) mass is 364 g/mol. The van der Waals surface area contributed by atoms with E-state index in [9.17, 15) is 14.9 Å². The van der Waals surface area contributed by atoms with E-state index in [4.69, 9.17) is 4.74 Å². The van der Waals surface area contributed by atoms with Gasteiger partial charge in [0.1, 0.15) is 12.3 Å². The highest BCUT2D eigenvalue weighted by Gasteiger charge is 2.15. The van der Waals surface area contributed by atoms with E-state index in [1.807, 2.05) is 30.3 Å². The first-order valence-corrected chi connectivity index (χ1v) is 8.20. The van der Waals surface area contributed by atoms with E-state index in [0.29, 0.717) is 24.0 Å². The third kappa shape index (κ3) is 4.61. The van der Waals surface area contributed by atoms with Crippen LogP contribution in [0.25, 0.3) is 10.9 Å². The molecule has 0 atom stereocenters. The van der Waals surface area contributed by atoms with E-state index in [0.717, 1.165) is 5.56 Å². The number of alkyl carbamates (subject to hydrolysis) is 1. The van der Waals surface area contributed by atoms with Crippen LogP contribution in [0, 0.1) is 22.0 Å². The second-order valence-corrected chi connectivity index (χ2v) is 5.57. The molecule has 1 amide bonds. The van der Waals surface area contributed by atoms with Gasteiger partial charge in [-0.25, -0.2) is 4.79 Å². The first kappa shape index (κ1) is 17.9. The number of amides is 1. The number of aromatic nitrogens is 2. The lowest BCUT2D eigenvalue weighted by Gasteiger charge is -2.05. The molecule has 0 aliphatic heterocycles. The number of carbonyl (C=O) groups excluding carboxylic acids is 1. The Labute approximate surface area is 154 Å². The van der Waals surface area contributed by atoms with Gasteiger partial charge in [0.05, 0.1) is 4.92 Å². The number of carbonyl (C=O) groups is 1. The molecular weight excluding hydrogens is 348 g/mol. The normalized spacial score (nSPS) is 10.1. The molecule has 0 aliphatic carbocycles. The van der Waals surface area contributed by atoms with Crippen LogP contribution >= 0.6 is 0 Å². The van der Waals surface area contributed by atoms with Crippen LogP contribution in [-0.2, 0) is 11.3 Å². The minimum atomic E-state index is -0.511. The van der Waals surface area contributed by atoms with Crippen LogP contribution in [0.3, 0.4) is 0 Å². The molecule has 2 aromatic carbocycles. The SMILES string of the molecule is O=C(NCCC#Cc1[nH]nc2c([N+](=O)[O-])cccc12)OCc1ccccc1. The van der Waals surface area contributed by atoms with Gasteiger partial charge in [0, 0.05) is 24.4 Å². The van der Waals surface area contributed by atoms with Gasteiger partial charge in [-0.1, -0.05) is 42.3 Å². The van der Waals surface area contributed by atoms with Crippen LogP contribution in [-0.4, -0.2) is 27.8 Å². The molecule has 3 aromatic rings. The van der Waals surface area contributed by atoms with Crippen molar-refractivity contribution < 1.29 is 14.5 Å². The molecule has 0 aliphatic rings. The van der Waals surface area contributed by atoms with Crippen LogP contribution in [0.2, 0.25) is 0 Å². The third-order valence-electron chi connectivity index (χ3n) is 3.71. The highest BCUT2D eigenvalue weighted by atomic mass is 16.6. The number of nitro benzene ring substituents is 1. The number of nitrogens with one attached hydrogen (secondary N) is 2. The van der Waals surface area contributed by atoms with E-state index in [-0.39, 0.29) is 17.8 Å². The fourth-order valence-electron chi connectivity index (χ4n) is 2.42. The largest absolute Gasteiger partial charge is 0.445 e. The highest BCUT2D eigenvalue weighted by molar-refractivity contribution is 5.90. The first-order chi connectivity index (χ1) is 13.1. The summed E-state index contributed by atoms with van der Waals surface area (Å²) >= 11 is 0. The molecule has 136 valence electrons. The zero-order valence-electron chi connectivity index (χ0n) is 14.3. The van der Waals surface area contributed by atoms with Crippen molar-refractivity contribution >= 4 is 22.7 Å². The van der Waals surface area contributed by atoms with Gasteiger partial charge in [-0.15, -0.1) is 0 Å². The summed E-state index contributed by atoms with van der Waals surface area (Å²) in [6.45, 7) is 0.532. The van der Waals surface area contributed by atoms with E-state index in [1.165, 1.54) is 6.07 Å². The Bertz CT molecular complexity index is 1020. The smallest absolute Gasteiger partial charge is 0.407 e. The van der Waals surface area contributed by atoms with Gasteiger partial charge in [-0.3, -0.25) is 15.2 Å². The molecule has 3 rings (SSSR count). The summed E-state index contributed by atoms with van der Waals surface area (Å²) in [5.74, 6) is 5.78. The molecular formula is C19H16N4O4. The van der Waals surface area contributed by atoms with Crippen molar-refractivity contribution in [2.45, 2.75) is 13.0 Å². The van der Waals surface area contributed by atoms with E-state index < -0.39 is 11.0 Å². The average molecular weight is 364 g/mol. The molecule has 0 radical (unpaired) electrons. The van der Waals surface area contributed by atoms with Crippen molar-refractivity contribution in [3.63, 3.8) is 0 Å². The minimum Gasteiger partial charge on any atom is -0.445 e. The standard InChI is InChI=1S/C19H16N4O4/c24-19(27-13-14-7-2-1-3-8-14)20-12-5-4-10-16-15-9-6-11-17(23(25)26)18(15)22-21-16/h1-3,6-9,11H,5,12-13H2,(H,20,24)(H,21,22). The molecule has 0 unspecified atom stereocenters. The van der Waals surface area contributed by atoms with E-state index >= 15 is 0 Å². The fraction of sp³-hybridized carbons (Fsp3) is 0.158. The van der Waals surface area contributed by atoms with Gasteiger partial charge in [0.25, 0.3) is 5.69 Å². The van der Waals surface area contributed by atoms with Crippen molar-refractivity contribution in [2.75, 3.05) is 6.54 Å². The maximum atomic E-state index is 11.6. The van der Waals surface area contributed by atoms with Gasteiger partial charge in [0.15, 0.2) is 5.52 Å². The number of rotatable bonds is 5. The van der Waals surface area contributed by atoms with E-state index in [1.54, 1.807) is 12.1 Å². The quantitative estimate of drug-likeness (QED) is 0.313. The lowest BCUT2D eigenvalue weighted by atomic mass is 10.2. The number of ether oxygens (including phenoxy) is 1. The zero-order valence-corrected chi connectivity index (χ0v) is 14.3. The molecule has 8 nitrogen and oxygen atoms in total. The van der Waals surface area contributed by atoms with Crippen molar-refractivity contribution in [1.82, 2.24) is 15.5 Å². The topological polar surface area (TPSA) is 110 Å². The minimum absolute atomic E-state index is 0.0698. The van der Waals surface area contributed by atoms with E-state index in [2.05, 4.69) is 27.4 Å². The summed E-state index contributed by atoms with van der Waals surface area (Å²) in [5.41, 5.74) is 1.61. The molecule has 2 N–H and O–H groups in total. The Morgan fingerprint density at radius 2 is 2.04 bits per heavy atom. The second-order valence-electron chi connectivity index (χ2n) is 5.57. The summed E-state index contributed by atoms with van der Waals surface area (Å²) < 4.78 is 5.10. The lowest BCUT2D eigenvalue weighted by Crippen LogP contribution is -2.24. The summed E-state index contributed by atoms with van der Waals surface area (Å²) in [4.78, 5) is 22.1. The van der Waals surface area contributed by atoms with Crippen LogP contribution in [0.5, 0.6) is 0 Å². The van der Waals surface area contributed by atoms with Crippen molar-refractivity contribution in [1.29, 1.82) is 0 Å². The predicted octanol–water partition coefficient (Wildman–Crippen LogP) is 3.14. The summed E-state index contributed by atoms with van der Waals surface area (Å²) in [6, 6.07) is 14.1. The zero-order chi connectivity index (χ0) is 19.1. The highest BCUT2D eigenvalue weighted by Crippen LogP contribution is 2.24. The second kappa shape index (κ2) is 8.49. The molecule has 0 bridgehead atoms. The Hall–Kier alpha value is -3.86. The fourth-order valence-corrected chi connectivity index (χ4v) is 2.42. The van der Waals surface area contributed by atoms with Crippen LogP contribution in [0.4, 0.5) is 10.5 Å². The van der Waals surface area contributed by atoms with Crippen molar-refractivity contribution in [2.24, 2.45) is 0 Å². The molecule has 1 aromatic heterocycles. The number of H-pyrrole nitrogens is 1. The number of benzene rings is 2. The van der Waals surface area contributed by atoms with Gasteiger partial charge in [0.2, 0.25) is 0 Å². The Morgan fingerprint density at radius 3 is 2.81 bits per heavy atom. The van der Waals surface area contributed by atoms with Gasteiger partial charge in [-0.05, 0) is 17.6 Å². The maximum Gasteiger partial charge on any atom is 0.407 e. The van der Waals surface area contributed by atoms with Crippen LogP contribution in [0.15, 0.2) is 48.5 Å². The van der Waals surface area contributed by atoms with Crippen molar-refractivity contribution in [3.8, 4) is 11.8 Å². The molecule has 0 spiro atoms. The molecule has 8 heteroatoms. The number of nitro groups is 1. The molecule has 0 saturated carbocycles. The van der Waals surface area contributed by atoms with Crippen LogP contribution in [0.1, 0.15) is 17.7 Å². The summed E-state index contributed by atoms with van der Waals surface area (Å²) in [5, 5.41) is 20.9. The summed E-state index contributed by atoms with van der Waals surface area (Å²) in [7, 11) is 0. The van der Waals surface area contributed by atoms with Gasteiger partial charge >= 0.3 is 6.09 Å². The predicted molar refractivity (Wildman–Crippen MR) is 98.9 cm³/mol. The Balaban J connectivity index is 1.50. The number of aromatic amines is 1. The number of nitrogens with zero attached hydrogens (tertiary/aromatic N) is 2. The molecule has 1 heterocycles. The molecule has 27 heavy (non-hydrogen) atoms. The number of fused-ring (bicyclic) bond motifs is 1. The first-order valence-electron chi connectivity index (χ1n) is 8.20. The maximum absolute atomic E-state index is 11.6. The van der Waals surface area contributed by atoms with Gasteiger partial charge < -0.3 is 10.1 Å². The molecule has 0 fully saturated rings. The Kier molecular flexibility index (Phi) is 5.64. The van der Waals surface area contributed by atoms with Gasteiger partial charge in [-0.2, -0.15) is 5.10 Å². The average Bonchev–Trinajstić information content (AvgIpc) is 3.10.